The molecule has 104 valence electrons. The van der Waals surface area contributed by atoms with Crippen LogP contribution in [0.15, 0.2) is 46.2 Å². The van der Waals surface area contributed by atoms with Gasteiger partial charge in [-0.25, -0.2) is 0 Å². The van der Waals surface area contributed by atoms with E-state index in [0.29, 0.717) is 10.6 Å². The zero-order chi connectivity index (χ0) is 14.7. The van der Waals surface area contributed by atoms with Gasteiger partial charge in [0.2, 0.25) is 0 Å². The van der Waals surface area contributed by atoms with Crippen LogP contribution in [0.1, 0.15) is 11.1 Å². The first-order valence-corrected chi connectivity index (χ1v) is 6.83. The van der Waals surface area contributed by atoms with Crippen molar-refractivity contribution in [2.24, 2.45) is 5.84 Å². The first-order valence-electron chi connectivity index (χ1n) is 6.02. The van der Waals surface area contributed by atoms with Gasteiger partial charge in [-0.05, 0) is 37.6 Å². The summed E-state index contributed by atoms with van der Waals surface area (Å²) >= 11 is 1.37. The number of nitrogens with zero attached hydrogens (tertiary/aromatic N) is 1. The molecule has 0 spiro atoms. The van der Waals surface area contributed by atoms with E-state index in [1.54, 1.807) is 18.2 Å². The smallest absolute Gasteiger partial charge is 0.307 e. The van der Waals surface area contributed by atoms with Crippen LogP contribution in [-0.2, 0) is 0 Å². The first kappa shape index (κ1) is 14.4. The third-order valence-electron chi connectivity index (χ3n) is 2.89. The minimum absolute atomic E-state index is 0.0000231. The largest absolute Gasteiger partial charge is 0.318 e. The molecule has 2 rings (SSSR count). The molecule has 2 aromatic carbocycles. The van der Waals surface area contributed by atoms with Gasteiger partial charge < -0.3 is 5.43 Å². The first-order chi connectivity index (χ1) is 9.52. The van der Waals surface area contributed by atoms with Gasteiger partial charge in [0.05, 0.1) is 9.82 Å². The van der Waals surface area contributed by atoms with Crippen LogP contribution in [0.4, 0.5) is 11.4 Å². The zero-order valence-corrected chi connectivity index (χ0v) is 12.0. The lowest BCUT2D eigenvalue weighted by Crippen LogP contribution is -2.09. The summed E-state index contributed by atoms with van der Waals surface area (Å²) in [6, 6.07) is 11.1. The van der Waals surface area contributed by atoms with Crippen LogP contribution >= 0.6 is 11.8 Å². The van der Waals surface area contributed by atoms with Gasteiger partial charge in [0.25, 0.3) is 0 Å². The lowest BCUT2D eigenvalue weighted by molar-refractivity contribution is -0.386. The number of benzene rings is 2. The predicted molar refractivity (Wildman–Crippen MR) is 80.9 cm³/mol. The minimum atomic E-state index is -0.416. The zero-order valence-electron chi connectivity index (χ0n) is 11.2. The Bertz CT molecular complexity index is 659. The second-order valence-electron chi connectivity index (χ2n) is 4.42. The number of nitrogens with one attached hydrogen (secondary N) is 1. The molecular formula is C14H15N3O2S. The number of nitrogens with two attached hydrogens (primary N) is 1. The Morgan fingerprint density at radius 3 is 2.55 bits per heavy atom. The van der Waals surface area contributed by atoms with Gasteiger partial charge >= 0.3 is 5.69 Å². The lowest BCUT2D eigenvalue weighted by atomic mass is 10.2. The second kappa shape index (κ2) is 5.94. The highest BCUT2D eigenvalue weighted by Crippen LogP contribution is 2.40. The van der Waals surface area contributed by atoms with E-state index in [0.717, 1.165) is 10.5 Å². The Morgan fingerprint density at radius 1 is 1.20 bits per heavy atom. The fourth-order valence-electron chi connectivity index (χ4n) is 1.94. The highest BCUT2D eigenvalue weighted by molar-refractivity contribution is 7.99. The molecule has 0 unspecified atom stereocenters. The van der Waals surface area contributed by atoms with E-state index >= 15 is 0 Å². The van der Waals surface area contributed by atoms with Crippen molar-refractivity contribution in [3.05, 3.63) is 57.6 Å². The standard InChI is InChI=1S/C14H15N3O2S/c1-9-6-7-12(10(2)8-9)20-13-5-3-4-11(16-15)14(13)17(18)19/h3-8,16H,15H2,1-2H3. The molecule has 3 N–H and O–H groups in total. The maximum Gasteiger partial charge on any atom is 0.307 e. The Morgan fingerprint density at radius 2 is 1.95 bits per heavy atom. The third kappa shape index (κ3) is 2.92. The molecule has 0 saturated heterocycles. The molecule has 0 fully saturated rings. The van der Waals surface area contributed by atoms with E-state index in [1.807, 2.05) is 26.0 Å². The molecular weight excluding hydrogens is 274 g/mol. The van der Waals surface area contributed by atoms with Crippen molar-refractivity contribution >= 4 is 23.1 Å². The van der Waals surface area contributed by atoms with Crippen molar-refractivity contribution < 1.29 is 4.92 Å². The van der Waals surface area contributed by atoms with E-state index in [2.05, 4.69) is 11.5 Å². The van der Waals surface area contributed by atoms with Crippen LogP contribution in [0.3, 0.4) is 0 Å². The molecule has 5 nitrogen and oxygen atoms in total. The SMILES string of the molecule is Cc1ccc(Sc2cccc(NN)c2[N+](=O)[O-])c(C)c1. The quantitative estimate of drug-likeness (QED) is 0.510. The number of anilines is 1. The normalized spacial score (nSPS) is 10.3. The maximum absolute atomic E-state index is 11.2. The third-order valence-corrected chi connectivity index (χ3v) is 4.11. The van der Waals surface area contributed by atoms with E-state index < -0.39 is 4.92 Å². The second-order valence-corrected chi connectivity index (χ2v) is 5.51. The van der Waals surface area contributed by atoms with Crippen molar-refractivity contribution in [2.75, 3.05) is 5.43 Å². The summed E-state index contributed by atoms with van der Waals surface area (Å²) in [5, 5.41) is 11.2. The molecule has 0 aliphatic heterocycles. The molecule has 0 amide bonds. The number of aryl methyl sites for hydroxylation is 2. The van der Waals surface area contributed by atoms with Crippen LogP contribution in [-0.4, -0.2) is 4.92 Å². The number of hydrogen-bond donors (Lipinski definition) is 2. The Balaban J connectivity index is 2.45. The summed E-state index contributed by atoms with van der Waals surface area (Å²) in [7, 11) is 0. The van der Waals surface area contributed by atoms with Gasteiger partial charge in [-0.1, -0.05) is 35.5 Å². The van der Waals surface area contributed by atoms with Gasteiger partial charge in [-0.2, -0.15) is 0 Å². The Kier molecular flexibility index (Phi) is 4.26. The molecule has 6 heteroatoms. The molecule has 0 heterocycles. The Hall–Kier alpha value is -2.05. The number of rotatable bonds is 4. The molecule has 0 aliphatic carbocycles. The number of hydrogen-bond acceptors (Lipinski definition) is 5. The fraction of sp³-hybridized carbons (Fsp3) is 0.143. The number of hydrazine groups is 1. The minimum Gasteiger partial charge on any atom is -0.318 e. The molecule has 0 atom stereocenters. The number of nitro benzene ring substituents is 1. The van der Waals surface area contributed by atoms with Gasteiger partial charge in [-0.3, -0.25) is 16.0 Å². The topological polar surface area (TPSA) is 81.2 Å². The fourth-order valence-corrected chi connectivity index (χ4v) is 2.96. The summed E-state index contributed by atoms with van der Waals surface area (Å²) in [5.41, 5.74) is 4.94. The van der Waals surface area contributed by atoms with Crippen LogP contribution in [0.5, 0.6) is 0 Å². The highest BCUT2D eigenvalue weighted by atomic mass is 32.2. The van der Waals surface area contributed by atoms with Gasteiger partial charge in [0.1, 0.15) is 5.69 Å². The summed E-state index contributed by atoms with van der Waals surface area (Å²) in [6.45, 7) is 4.01. The van der Waals surface area contributed by atoms with Crippen molar-refractivity contribution in [3.8, 4) is 0 Å². The number of nitrogen functional groups attached to an aromatic ring is 1. The van der Waals surface area contributed by atoms with E-state index in [-0.39, 0.29) is 5.69 Å². The molecule has 0 saturated carbocycles. The molecule has 0 radical (unpaired) electrons. The molecule has 0 aromatic heterocycles. The molecule has 0 aliphatic rings. The van der Waals surface area contributed by atoms with Crippen LogP contribution in [0.25, 0.3) is 0 Å². The van der Waals surface area contributed by atoms with Crippen LogP contribution in [0.2, 0.25) is 0 Å². The molecule has 0 bridgehead atoms. The van der Waals surface area contributed by atoms with Crippen molar-refractivity contribution in [1.29, 1.82) is 0 Å². The summed E-state index contributed by atoms with van der Waals surface area (Å²) in [5.74, 6) is 5.34. The average molecular weight is 289 g/mol. The monoisotopic (exact) mass is 289 g/mol. The molecule has 20 heavy (non-hydrogen) atoms. The van der Waals surface area contributed by atoms with E-state index in [4.69, 9.17) is 5.84 Å². The van der Waals surface area contributed by atoms with Crippen LogP contribution < -0.4 is 11.3 Å². The van der Waals surface area contributed by atoms with Gasteiger partial charge in [0, 0.05) is 4.90 Å². The van der Waals surface area contributed by atoms with Crippen LogP contribution in [0, 0.1) is 24.0 Å². The molecule has 2 aromatic rings. The number of para-hydroxylation sites is 1. The number of nitro groups is 1. The van der Waals surface area contributed by atoms with E-state index in [9.17, 15) is 10.1 Å². The maximum atomic E-state index is 11.2. The van der Waals surface area contributed by atoms with Crippen molar-refractivity contribution in [2.45, 2.75) is 23.6 Å². The summed E-state index contributed by atoms with van der Waals surface area (Å²) in [4.78, 5) is 12.4. The predicted octanol–water partition coefficient (Wildman–Crippen LogP) is 3.65. The van der Waals surface area contributed by atoms with E-state index in [1.165, 1.54) is 17.3 Å². The van der Waals surface area contributed by atoms with Crippen molar-refractivity contribution in [1.82, 2.24) is 0 Å². The van der Waals surface area contributed by atoms with Crippen molar-refractivity contribution in [3.63, 3.8) is 0 Å². The summed E-state index contributed by atoms with van der Waals surface area (Å²) < 4.78 is 0. The average Bonchev–Trinajstić information content (AvgIpc) is 2.41. The summed E-state index contributed by atoms with van der Waals surface area (Å²) in [6.07, 6.45) is 0. The lowest BCUT2D eigenvalue weighted by Gasteiger charge is -2.09. The van der Waals surface area contributed by atoms with Gasteiger partial charge in [-0.15, -0.1) is 0 Å². The Labute approximate surface area is 121 Å². The highest BCUT2D eigenvalue weighted by Gasteiger charge is 2.20. The van der Waals surface area contributed by atoms with Gasteiger partial charge in [0.15, 0.2) is 0 Å².